The third kappa shape index (κ3) is 1.88. The van der Waals surface area contributed by atoms with E-state index in [1.54, 1.807) is 0 Å². The minimum absolute atomic E-state index is 0.442. The van der Waals surface area contributed by atoms with E-state index in [2.05, 4.69) is 22.0 Å². The van der Waals surface area contributed by atoms with Gasteiger partial charge >= 0.3 is 0 Å². The summed E-state index contributed by atoms with van der Waals surface area (Å²) in [6.07, 6.45) is 0. The first-order chi connectivity index (χ1) is 6.79. The fourth-order valence-electron chi connectivity index (χ4n) is 1.57. The second-order valence-electron chi connectivity index (χ2n) is 3.65. The van der Waals surface area contributed by atoms with Gasteiger partial charge in [-0.05, 0) is 7.05 Å². The fourth-order valence-corrected chi connectivity index (χ4v) is 1.57. The van der Waals surface area contributed by atoms with Crippen molar-refractivity contribution in [1.82, 2.24) is 10.1 Å². The first kappa shape index (κ1) is 9.48. The van der Waals surface area contributed by atoms with Crippen molar-refractivity contribution < 1.29 is 4.52 Å². The van der Waals surface area contributed by atoms with Gasteiger partial charge in [0.05, 0.1) is 5.69 Å². The number of aromatic nitrogens is 1. The predicted molar refractivity (Wildman–Crippen MR) is 54.1 cm³/mol. The van der Waals surface area contributed by atoms with Crippen molar-refractivity contribution in [3.8, 4) is 0 Å². The number of hydrogen-bond acceptors (Lipinski definition) is 5. The molecular formula is C9H16N4O. The summed E-state index contributed by atoms with van der Waals surface area (Å²) in [6, 6.07) is 1.92. The topological polar surface area (TPSA) is 58.5 Å². The van der Waals surface area contributed by atoms with E-state index in [1.807, 2.05) is 6.07 Å². The van der Waals surface area contributed by atoms with E-state index in [0.717, 1.165) is 37.8 Å². The summed E-state index contributed by atoms with van der Waals surface area (Å²) < 4.78 is 5.21. The van der Waals surface area contributed by atoms with Gasteiger partial charge in [0.15, 0.2) is 0 Å². The lowest BCUT2D eigenvalue weighted by Gasteiger charge is -2.31. The molecule has 14 heavy (non-hydrogen) atoms. The highest BCUT2D eigenvalue weighted by Crippen LogP contribution is 2.16. The number of likely N-dealkylation sites (N-methyl/N-ethyl adjacent to an activating group) is 1. The molecule has 1 aromatic heterocycles. The number of nitrogens with two attached hydrogens (primary N) is 1. The summed E-state index contributed by atoms with van der Waals surface area (Å²) in [4.78, 5) is 4.50. The Bertz CT molecular complexity index is 291. The van der Waals surface area contributed by atoms with E-state index in [0.29, 0.717) is 6.54 Å². The van der Waals surface area contributed by atoms with Crippen LogP contribution < -0.4 is 10.6 Å². The molecule has 0 atom stereocenters. The van der Waals surface area contributed by atoms with Crippen molar-refractivity contribution in [2.24, 2.45) is 5.73 Å². The van der Waals surface area contributed by atoms with Crippen LogP contribution in [-0.2, 0) is 6.54 Å². The smallest absolute Gasteiger partial charge is 0.227 e. The molecule has 0 bridgehead atoms. The van der Waals surface area contributed by atoms with Gasteiger partial charge in [0, 0.05) is 38.8 Å². The number of nitrogens with zero attached hydrogens (tertiary/aromatic N) is 3. The van der Waals surface area contributed by atoms with Crippen LogP contribution in [0.5, 0.6) is 0 Å². The van der Waals surface area contributed by atoms with Gasteiger partial charge in [0.1, 0.15) is 0 Å². The normalized spacial score (nSPS) is 18.9. The number of anilines is 1. The zero-order valence-electron chi connectivity index (χ0n) is 8.44. The lowest BCUT2D eigenvalue weighted by Crippen LogP contribution is -2.44. The second-order valence-corrected chi connectivity index (χ2v) is 3.65. The van der Waals surface area contributed by atoms with Crippen LogP contribution >= 0.6 is 0 Å². The van der Waals surface area contributed by atoms with Gasteiger partial charge in [-0.2, -0.15) is 0 Å². The summed E-state index contributed by atoms with van der Waals surface area (Å²) in [5.74, 6) is 0.846. The third-order valence-electron chi connectivity index (χ3n) is 2.57. The van der Waals surface area contributed by atoms with Gasteiger partial charge in [0.2, 0.25) is 5.88 Å². The molecule has 0 spiro atoms. The standard InChI is InChI=1S/C9H16N4O/c1-12-2-4-13(5-3-12)9-6-8(7-10)11-14-9/h6H,2-5,7,10H2,1H3. The molecule has 1 aliphatic heterocycles. The second kappa shape index (κ2) is 3.98. The van der Waals surface area contributed by atoms with Gasteiger partial charge in [0.25, 0.3) is 0 Å². The maximum atomic E-state index is 5.47. The predicted octanol–water partition coefficient (Wildman–Crippen LogP) is -0.115. The van der Waals surface area contributed by atoms with E-state index in [4.69, 9.17) is 10.3 Å². The maximum Gasteiger partial charge on any atom is 0.227 e. The molecule has 5 heteroatoms. The maximum absolute atomic E-state index is 5.47. The summed E-state index contributed by atoms with van der Waals surface area (Å²) in [6.45, 7) is 4.57. The Labute approximate surface area is 83.4 Å². The summed E-state index contributed by atoms with van der Waals surface area (Å²) in [5.41, 5.74) is 6.28. The molecule has 2 rings (SSSR count). The molecule has 0 aliphatic carbocycles. The molecule has 1 aliphatic rings. The Morgan fingerprint density at radius 1 is 1.43 bits per heavy atom. The first-order valence-corrected chi connectivity index (χ1v) is 4.89. The first-order valence-electron chi connectivity index (χ1n) is 4.89. The van der Waals surface area contributed by atoms with Crippen LogP contribution in [0.4, 0.5) is 5.88 Å². The third-order valence-corrected chi connectivity index (χ3v) is 2.57. The molecule has 2 heterocycles. The van der Waals surface area contributed by atoms with Crippen LogP contribution in [0.25, 0.3) is 0 Å². The quantitative estimate of drug-likeness (QED) is 0.715. The van der Waals surface area contributed by atoms with E-state index >= 15 is 0 Å². The molecule has 0 unspecified atom stereocenters. The van der Waals surface area contributed by atoms with E-state index in [9.17, 15) is 0 Å². The highest BCUT2D eigenvalue weighted by atomic mass is 16.5. The zero-order chi connectivity index (χ0) is 9.97. The van der Waals surface area contributed by atoms with E-state index < -0.39 is 0 Å². The highest BCUT2D eigenvalue weighted by Gasteiger charge is 2.17. The Morgan fingerprint density at radius 3 is 2.71 bits per heavy atom. The molecule has 1 saturated heterocycles. The Hall–Kier alpha value is -1.07. The van der Waals surface area contributed by atoms with Crippen LogP contribution in [0.1, 0.15) is 5.69 Å². The molecule has 2 N–H and O–H groups in total. The van der Waals surface area contributed by atoms with Crippen molar-refractivity contribution in [2.45, 2.75) is 6.54 Å². The number of piperazine rings is 1. The van der Waals surface area contributed by atoms with E-state index in [-0.39, 0.29) is 0 Å². The fraction of sp³-hybridized carbons (Fsp3) is 0.667. The van der Waals surface area contributed by atoms with Crippen molar-refractivity contribution in [1.29, 1.82) is 0 Å². The molecule has 5 nitrogen and oxygen atoms in total. The van der Waals surface area contributed by atoms with Crippen molar-refractivity contribution in [2.75, 3.05) is 38.1 Å². The van der Waals surface area contributed by atoms with Gasteiger partial charge in [-0.25, -0.2) is 0 Å². The highest BCUT2D eigenvalue weighted by molar-refractivity contribution is 5.36. The lowest BCUT2D eigenvalue weighted by molar-refractivity contribution is 0.300. The average Bonchev–Trinajstić information content (AvgIpc) is 2.67. The van der Waals surface area contributed by atoms with Crippen molar-refractivity contribution in [3.63, 3.8) is 0 Å². The largest absolute Gasteiger partial charge is 0.338 e. The lowest BCUT2D eigenvalue weighted by atomic mass is 10.3. The van der Waals surface area contributed by atoms with Gasteiger partial charge < -0.3 is 20.1 Å². The van der Waals surface area contributed by atoms with Gasteiger partial charge in [-0.15, -0.1) is 0 Å². The summed E-state index contributed by atoms with van der Waals surface area (Å²) >= 11 is 0. The van der Waals surface area contributed by atoms with Crippen LogP contribution in [0, 0.1) is 0 Å². The van der Waals surface area contributed by atoms with Crippen molar-refractivity contribution in [3.05, 3.63) is 11.8 Å². The van der Waals surface area contributed by atoms with Crippen LogP contribution in [0.3, 0.4) is 0 Å². The summed E-state index contributed by atoms with van der Waals surface area (Å²) in [5, 5.41) is 3.87. The van der Waals surface area contributed by atoms with Crippen LogP contribution in [-0.4, -0.2) is 43.3 Å². The minimum atomic E-state index is 0.442. The minimum Gasteiger partial charge on any atom is -0.338 e. The Balaban J connectivity index is 2.01. The molecule has 0 radical (unpaired) electrons. The molecule has 1 aromatic rings. The van der Waals surface area contributed by atoms with Gasteiger partial charge in [-0.3, -0.25) is 0 Å². The van der Waals surface area contributed by atoms with E-state index in [1.165, 1.54) is 0 Å². The molecule has 0 aromatic carbocycles. The molecule has 0 saturated carbocycles. The number of hydrogen-bond donors (Lipinski definition) is 1. The summed E-state index contributed by atoms with van der Waals surface area (Å²) in [7, 11) is 2.13. The Kier molecular flexibility index (Phi) is 2.69. The Morgan fingerprint density at radius 2 is 2.14 bits per heavy atom. The molecule has 0 amide bonds. The molecule has 1 fully saturated rings. The van der Waals surface area contributed by atoms with Crippen LogP contribution in [0.15, 0.2) is 10.6 Å². The number of rotatable bonds is 2. The average molecular weight is 196 g/mol. The SMILES string of the molecule is CN1CCN(c2cc(CN)no2)CC1. The molecule has 78 valence electrons. The monoisotopic (exact) mass is 196 g/mol. The zero-order valence-corrected chi connectivity index (χ0v) is 8.44. The molecular weight excluding hydrogens is 180 g/mol. The van der Waals surface area contributed by atoms with Crippen molar-refractivity contribution >= 4 is 5.88 Å². The van der Waals surface area contributed by atoms with Crippen LogP contribution in [0.2, 0.25) is 0 Å². The van der Waals surface area contributed by atoms with Gasteiger partial charge in [-0.1, -0.05) is 5.16 Å².